The minimum atomic E-state index is -4.22. The number of phosphoric ester groups is 1. The minimum absolute atomic E-state index is 0.0214. The van der Waals surface area contributed by atoms with Crippen LogP contribution in [0.25, 0.3) is 0 Å². The highest BCUT2D eigenvalue weighted by Crippen LogP contribution is 2.43. The molecule has 0 aliphatic rings. The molecular weight excluding hydrogens is 563 g/mol. The van der Waals surface area contributed by atoms with E-state index in [1.165, 1.54) is 89.9 Å². The van der Waals surface area contributed by atoms with Crippen LogP contribution in [0.5, 0.6) is 0 Å². The molecular formula is C27H54BrO8P. The summed E-state index contributed by atoms with van der Waals surface area (Å²) in [7, 11) is -4.22. The summed E-state index contributed by atoms with van der Waals surface area (Å²) in [5.74, 6) is 0. The molecule has 0 radical (unpaired) electrons. The smallest absolute Gasteiger partial charge is 0.434 e. The number of rotatable bonds is 28. The van der Waals surface area contributed by atoms with E-state index in [1.54, 1.807) is 0 Å². The predicted molar refractivity (Wildman–Crippen MR) is 152 cm³/mol. The third-order valence-electron chi connectivity index (χ3n) is 5.89. The Morgan fingerprint density at radius 3 is 1.70 bits per heavy atom. The van der Waals surface area contributed by atoms with Gasteiger partial charge in [-0.2, -0.15) is 0 Å². The molecule has 1 N–H and O–H groups in total. The molecule has 0 aromatic rings. The number of carbonyl (C=O) groups excluding carboxylic acids is 1. The second-order valence-electron chi connectivity index (χ2n) is 9.50. The zero-order valence-electron chi connectivity index (χ0n) is 23.5. The molecule has 37 heavy (non-hydrogen) atoms. The monoisotopic (exact) mass is 616 g/mol. The van der Waals surface area contributed by atoms with Gasteiger partial charge in [-0.05, 0) is 12.8 Å². The first-order valence-corrected chi connectivity index (χ1v) is 17.2. The number of ether oxygens (including phenoxy) is 3. The van der Waals surface area contributed by atoms with Crippen LogP contribution in [0.1, 0.15) is 123 Å². The van der Waals surface area contributed by atoms with Crippen LogP contribution in [0.2, 0.25) is 0 Å². The van der Waals surface area contributed by atoms with Crippen LogP contribution in [0.15, 0.2) is 0 Å². The lowest BCUT2D eigenvalue weighted by Crippen LogP contribution is -2.29. The van der Waals surface area contributed by atoms with Crippen LogP contribution in [-0.2, 0) is 27.8 Å². The van der Waals surface area contributed by atoms with Crippen molar-refractivity contribution in [3.8, 4) is 0 Å². The van der Waals surface area contributed by atoms with Crippen LogP contribution >= 0.6 is 23.8 Å². The summed E-state index contributed by atoms with van der Waals surface area (Å²) in [6.45, 7) is 4.65. The highest BCUT2D eigenvalue weighted by atomic mass is 79.9. The van der Waals surface area contributed by atoms with Crippen molar-refractivity contribution < 1.29 is 37.5 Å². The van der Waals surface area contributed by atoms with Gasteiger partial charge in [-0.3, -0.25) is 9.05 Å². The molecule has 0 aromatic heterocycles. The van der Waals surface area contributed by atoms with Crippen molar-refractivity contribution >= 4 is 29.9 Å². The van der Waals surface area contributed by atoms with Crippen LogP contribution in [-0.4, -0.2) is 55.5 Å². The lowest BCUT2D eigenvalue weighted by molar-refractivity contribution is -0.0373. The Hall–Kier alpha value is -0.180. The minimum Gasteiger partial charge on any atom is -0.434 e. The maximum absolute atomic E-state index is 11.9. The van der Waals surface area contributed by atoms with Gasteiger partial charge in [0.25, 0.3) is 0 Å². The third-order valence-corrected chi connectivity index (χ3v) is 7.20. The zero-order chi connectivity index (χ0) is 27.5. The normalized spacial score (nSPS) is 13.8. The Morgan fingerprint density at radius 2 is 1.22 bits per heavy atom. The summed E-state index contributed by atoms with van der Waals surface area (Å²) >= 11 is 3.11. The van der Waals surface area contributed by atoms with E-state index < -0.39 is 20.1 Å². The Morgan fingerprint density at radius 1 is 0.703 bits per heavy atom. The summed E-state index contributed by atoms with van der Waals surface area (Å²) in [4.78, 5) is 21.5. The second-order valence-corrected chi connectivity index (χ2v) is 11.7. The molecule has 0 aromatic carbocycles. The summed E-state index contributed by atoms with van der Waals surface area (Å²) in [5, 5.41) is 0.395. The third kappa shape index (κ3) is 27.2. The molecule has 0 amide bonds. The molecule has 0 heterocycles. The molecule has 10 heteroatoms. The van der Waals surface area contributed by atoms with Gasteiger partial charge in [0.2, 0.25) is 0 Å². The Kier molecular flexibility index (Phi) is 27.3. The van der Waals surface area contributed by atoms with E-state index in [-0.39, 0.29) is 26.4 Å². The molecule has 8 nitrogen and oxygen atoms in total. The van der Waals surface area contributed by atoms with E-state index in [0.717, 1.165) is 12.8 Å². The molecule has 222 valence electrons. The SMILES string of the molecule is CCCCCCCCCCCCCCCCCCOCC(COP(=O)(O)OCCBr)OC(=O)OCCC. The van der Waals surface area contributed by atoms with Crippen LogP contribution < -0.4 is 0 Å². The zero-order valence-corrected chi connectivity index (χ0v) is 26.0. The van der Waals surface area contributed by atoms with Gasteiger partial charge in [-0.1, -0.05) is 126 Å². The van der Waals surface area contributed by atoms with Crippen molar-refractivity contribution in [3.63, 3.8) is 0 Å². The summed E-state index contributed by atoms with van der Waals surface area (Å²) in [6.07, 6.45) is 19.9. The fourth-order valence-electron chi connectivity index (χ4n) is 3.80. The molecule has 2 unspecified atom stereocenters. The van der Waals surface area contributed by atoms with Crippen LogP contribution in [0.3, 0.4) is 0 Å². The molecule has 0 aliphatic heterocycles. The number of halogens is 1. The highest BCUT2D eigenvalue weighted by Gasteiger charge is 2.25. The highest BCUT2D eigenvalue weighted by molar-refractivity contribution is 9.09. The first-order valence-electron chi connectivity index (χ1n) is 14.5. The van der Waals surface area contributed by atoms with Crippen molar-refractivity contribution in [3.05, 3.63) is 0 Å². The number of hydrogen-bond acceptors (Lipinski definition) is 7. The van der Waals surface area contributed by atoms with Crippen molar-refractivity contribution in [2.24, 2.45) is 0 Å². The van der Waals surface area contributed by atoms with Gasteiger partial charge < -0.3 is 19.1 Å². The van der Waals surface area contributed by atoms with Gasteiger partial charge in [0.15, 0.2) is 6.10 Å². The number of unbranched alkanes of at least 4 members (excludes halogenated alkanes) is 15. The predicted octanol–water partition coefficient (Wildman–Crippen LogP) is 8.72. The Labute approximate surface area is 234 Å². The van der Waals surface area contributed by atoms with Gasteiger partial charge >= 0.3 is 14.0 Å². The van der Waals surface area contributed by atoms with E-state index in [4.69, 9.17) is 23.3 Å². The van der Waals surface area contributed by atoms with E-state index in [0.29, 0.717) is 18.4 Å². The molecule has 0 rings (SSSR count). The molecule has 0 spiro atoms. The summed E-state index contributed by atoms with van der Waals surface area (Å²) in [5.41, 5.74) is 0. The van der Waals surface area contributed by atoms with Gasteiger partial charge in [-0.25, -0.2) is 9.36 Å². The molecule has 0 fully saturated rings. The number of phosphoric acid groups is 1. The van der Waals surface area contributed by atoms with Gasteiger partial charge in [-0.15, -0.1) is 0 Å². The average molecular weight is 618 g/mol. The standard InChI is InChI=1S/C27H54BrO8P/c1-3-5-6-7-8-9-10-11-12-13-14-15-16-17-18-19-22-32-24-26(36-27(29)33-21-4-2)25-35-37(30,31)34-23-20-28/h26H,3-25H2,1-2H3,(H,30,31). The quantitative estimate of drug-likeness (QED) is 0.0403. The van der Waals surface area contributed by atoms with Crippen molar-refractivity contribution in [1.82, 2.24) is 0 Å². The van der Waals surface area contributed by atoms with E-state index in [9.17, 15) is 14.3 Å². The van der Waals surface area contributed by atoms with E-state index >= 15 is 0 Å². The van der Waals surface area contributed by atoms with Gasteiger partial charge in [0.05, 0.1) is 26.4 Å². The number of alkyl halides is 1. The van der Waals surface area contributed by atoms with Gasteiger partial charge in [0, 0.05) is 11.9 Å². The molecule has 0 bridgehead atoms. The largest absolute Gasteiger partial charge is 0.508 e. The lowest BCUT2D eigenvalue weighted by Gasteiger charge is -2.19. The van der Waals surface area contributed by atoms with E-state index in [2.05, 4.69) is 22.9 Å². The van der Waals surface area contributed by atoms with Crippen molar-refractivity contribution in [2.75, 3.05) is 38.4 Å². The summed E-state index contributed by atoms with van der Waals surface area (Å²) < 4.78 is 37.3. The lowest BCUT2D eigenvalue weighted by atomic mass is 10.0. The van der Waals surface area contributed by atoms with Crippen LogP contribution in [0, 0.1) is 0 Å². The van der Waals surface area contributed by atoms with E-state index in [1.807, 2.05) is 6.92 Å². The molecule has 0 saturated heterocycles. The molecule has 0 saturated carbocycles. The maximum atomic E-state index is 11.9. The first-order chi connectivity index (χ1) is 17.9. The van der Waals surface area contributed by atoms with Gasteiger partial charge in [0.1, 0.15) is 0 Å². The Balaban J connectivity index is 3.80. The first kappa shape index (κ1) is 36.8. The maximum Gasteiger partial charge on any atom is 0.508 e. The fraction of sp³-hybridized carbons (Fsp3) is 0.963. The fourth-order valence-corrected chi connectivity index (χ4v) is 4.97. The molecule has 2 atom stereocenters. The van der Waals surface area contributed by atoms with Crippen molar-refractivity contribution in [2.45, 2.75) is 129 Å². The number of carbonyl (C=O) groups is 1. The second kappa shape index (κ2) is 27.4. The van der Waals surface area contributed by atoms with Crippen molar-refractivity contribution in [1.29, 1.82) is 0 Å². The summed E-state index contributed by atoms with van der Waals surface area (Å²) in [6, 6.07) is 0. The number of hydrogen-bond donors (Lipinski definition) is 1. The molecule has 0 aliphatic carbocycles. The topological polar surface area (TPSA) is 101 Å². The average Bonchev–Trinajstić information content (AvgIpc) is 2.88. The Bertz CT molecular complexity index is 552. The van der Waals surface area contributed by atoms with Crippen LogP contribution in [0.4, 0.5) is 4.79 Å².